The van der Waals surface area contributed by atoms with Gasteiger partial charge in [0.2, 0.25) is 0 Å². The zero-order chi connectivity index (χ0) is 16.8. The van der Waals surface area contributed by atoms with Crippen molar-refractivity contribution in [3.63, 3.8) is 0 Å². The minimum absolute atomic E-state index is 0. The van der Waals surface area contributed by atoms with Crippen LogP contribution in [0.2, 0.25) is 0 Å². The van der Waals surface area contributed by atoms with Crippen LogP contribution in [0.5, 0.6) is 0 Å². The Hall–Kier alpha value is -0.930. The monoisotopic (exact) mass is 440 g/mol. The molecule has 4 rings (SSSR count). The molecule has 2 aromatic rings. The number of rotatable bonds is 2. The van der Waals surface area contributed by atoms with Crippen molar-refractivity contribution in [2.24, 2.45) is 14.1 Å². The molecule has 0 saturated carbocycles. The van der Waals surface area contributed by atoms with Crippen molar-refractivity contribution in [2.45, 2.75) is 50.6 Å². The Balaban J connectivity index is 0.000000451. The molecule has 0 bridgehead atoms. The van der Waals surface area contributed by atoms with Gasteiger partial charge in [-0.15, -0.1) is 47.4 Å². The molecular weight excluding hydrogens is 411 g/mol. The molecule has 0 radical (unpaired) electrons. The Bertz CT molecular complexity index is 566. The topological polar surface area (TPSA) is 85.5 Å². The molecule has 8 nitrogen and oxygen atoms in total. The lowest BCUT2D eigenvalue weighted by Gasteiger charge is -2.20. The Morgan fingerprint density at radius 3 is 1.41 bits per heavy atom. The van der Waals surface area contributed by atoms with Gasteiger partial charge in [-0.2, -0.15) is 0 Å². The highest BCUT2D eigenvalue weighted by molar-refractivity contribution is 5.86. The Labute approximate surface area is 179 Å². The number of nitrogens with zero attached hydrogens (tertiary/aromatic N) is 6. The van der Waals surface area contributed by atoms with Crippen molar-refractivity contribution in [1.29, 1.82) is 0 Å². The van der Waals surface area contributed by atoms with Crippen molar-refractivity contribution < 1.29 is 0 Å². The SMILES string of the molecule is Cl.Cl.Cl.Cn1cc(C2CCCCN2)nn1.Cn1cc(C2CCCCN2)nn1. The highest BCUT2D eigenvalue weighted by Gasteiger charge is 2.17. The fourth-order valence-electron chi connectivity index (χ4n) is 3.26. The third kappa shape index (κ3) is 7.91. The summed E-state index contributed by atoms with van der Waals surface area (Å²) in [5.74, 6) is 0. The molecule has 2 saturated heterocycles. The van der Waals surface area contributed by atoms with E-state index in [1.54, 1.807) is 9.36 Å². The summed E-state index contributed by atoms with van der Waals surface area (Å²) in [6.45, 7) is 2.22. The molecule has 11 heteroatoms. The highest BCUT2D eigenvalue weighted by atomic mass is 35.5. The van der Waals surface area contributed by atoms with Crippen LogP contribution >= 0.6 is 37.2 Å². The van der Waals surface area contributed by atoms with E-state index in [-0.39, 0.29) is 37.2 Å². The van der Waals surface area contributed by atoms with Crippen LogP contribution in [0.15, 0.2) is 12.4 Å². The molecule has 2 N–H and O–H groups in total. The number of aromatic nitrogens is 6. The lowest BCUT2D eigenvalue weighted by atomic mass is 10.0. The van der Waals surface area contributed by atoms with E-state index in [0.29, 0.717) is 12.1 Å². The number of hydrogen-bond acceptors (Lipinski definition) is 6. The summed E-state index contributed by atoms with van der Waals surface area (Å²) < 4.78 is 3.51. The van der Waals surface area contributed by atoms with Gasteiger partial charge in [0, 0.05) is 26.5 Å². The van der Waals surface area contributed by atoms with Crippen LogP contribution < -0.4 is 10.6 Å². The summed E-state index contributed by atoms with van der Waals surface area (Å²) >= 11 is 0. The van der Waals surface area contributed by atoms with Crippen LogP contribution in [0, 0.1) is 0 Å². The van der Waals surface area contributed by atoms with Crippen LogP contribution in [0.1, 0.15) is 62.0 Å². The number of piperidine rings is 2. The van der Waals surface area contributed by atoms with Gasteiger partial charge in [0.25, 0.3) is 0 Å². The van der Waals surface area contributed by atoms with E-state index >= 15 is 0 Å². The second-order valence-corrected chi connectivity index (χ2v) is 6.64. The molecule has 2 aliphatic rings. The van der Waals surface area contributed by atoms with E-state index in [9.17, 15) is 0 Å². The summed E-state index contributed by atoms with van der Waals surface area (Å²) in [5.41, 5.74) is 2.16. The van der Waals surface area contributed by atoms with Gasteiger partial charge in [0.15, 0.2) is 0 Å². The predicted molar refractivity (Wildman–Crippen MR) is 113 cm³/mol. The molecule has 0 aliphatic carbocycles. The van der Waals surface area contributed by atoms with Gasteiger partial charge in [-0.1, -0.05) is 23.3 Å². The van der Waals surface area contributed by atoms with Gasteiger partial charge in [0.1, 0.15) is 0 Å². The van der Waals surface area contributed by atoms with E-state index in [1.807, 2.05) is 26.5 Å². The van der Waals surface area contributed by atoms with E-state index in [1.165, 1.54) is 38.5 Å². The first-order valence-corrected chi connectivity index (χ1v) is 8.91. The van der Waals surface area contributed by atoms with Crippen molar-refractivity contribution in [3.05, 3.63) is 23.8 Å². The van der Waals surface area contributed by atoms with Crippen LogP contribution in [0.3, 0.4) is 0 Å². The van der Waals surface area contributed by atoms with Crippen molar-refractivity contribution in [2.75, 3.05) is 13.1 Å². The maximum atomic E-state index is 4.09. The van der Waals surface area contributed by atoms with Crippen molar-refractivity contribution in [1.82, 2.24) is 40.6 Å². The molecule has 2 fully saturated rings. The standard InChI is InChI=1S/2C8H14N4.3ClH/c2*1-12-6-8(10-11-12)7-4-2-3-5-9-7;;;/h2*6-7,9H,2-5H2,1H3;3*1H. The number of halogens is 3. The molecule has 2 unspecified atom stereocenters. The fourth-order valence-corrected chi connectivity index (χ4v) is 3.26. The minimum atomic E-state index is 0. The van der Waals surface area contributed by atoms with E-state index in [0.717, 1.165) is 24.5 Å². The zero-order valence-electron chi connectivity index (χ0n) is 15.9. The Morgan fingerprint density at radius 1 is 0.741 bits per heavy atom. The van der Waals surface area contributed by atoms with Gasteiger partial charge < -0.3 is 10.6 Å². The summed E-state index contributed by atoms with van der Waals surface area (Å²) in [7, 11) is 3.80. The largest absolute Gasteiger partial charge is 0.309 e. The number of nitrogens with one attached hydrogen (secondary N) is 2. The van der Waals surface area contributed by atoms with Crippen LogP contribution in [-0.2, 0) is 14.1 Å². The Morgan fingerprint density at radius 2 is 1.15 bits per heavy atom. The second-order valence-electron chi connectivity index (χ2n) is 6.64. The number of hydrogen-bond donors (Lipinski definition) is 2. The lowest BCUT2D eigenvalue weighted by Crippen LogP contribution is -2.26. The van der Waals surface area contributed by atoms with Crippen LogP contribution in [0.25, 0.3) is 0 Å². The van der Waals surface area contributed by atoms with Gasteiger partial charge in [-0.3, -0.25) is 9.36 Å². The van der Waals surface area contributed by atoms with Gasteiger partial charge in [-0.25, -0.2) is 0 Å². The smallest absolute Gasteiger partial charge is 0.0996 e. The quantitative estimate of drug-likeness (QED) is 0.745. The fraction of sp³-hybridized carbons (Fsp3) is 0.750. The third-order valence-electron chi connectivity index (χ3n) is 4.58. The maximum Gasteiger partial charge on any atom is 0.0996 e. The van der Waals surface area contributed by atoms with Gasteiger partial charge in [0.05, 0.1) is 23.5 Å². The third-order valence-corrected chi connectivity index (χ3v) is 4.58. The summed E-state index contributed by atoms with van der Waals surface area (Å²) in [5, 5.41) is 22.9. The average Bonchev–Trinajstić information content (AvgIpc) is 3.26. The van der Waals surface area contributed by atoms with Gasteiger partial charge in [-0.05, 0) is 38.8 Å². The Kier molecular flexibility index (Phi) is 12.8. The van der Waals surface area contributed by atoms with Crippen molar-refractivity contribution in [3.8, 4) is 0 Å². The summed E-state index contributed by atoms with van der Waals surface area (Å²) in [6.07, 6.45) is 11.5. The van der Waals surface area contributed by atoms with E-state index in [2.05, 4.69) is 31.3 Å². The summed E-state index contributed by atoms with van der Waals surface area (Å²) in [4.78, 5) is 0. The molecule has 2 atom stereocenters. The molecule has 0 amide bonds. The first kappa shape index (κ1) is 26.1. The van der Waals surface area contributed by atoms with Crippen LogP contribution in [-0.4, -0.2) is 43.1 Å². The first-order valence-electron chi connectivity index (χ1n) is 8.91. The molecule has 27 heavy (non-hydrogen) atoms. The molecule has 0 spiro atoms. The minimum Gasteiger partial charge on any atom is -0.309 e. The lowest BCUT2D eigenvalue weighted by molar-refractivity contribution is 0.405. The zero-order valence-corrected chi connectivity index (χ0v) is 18.3. The molecule has 0 aromatic carbocycles. The second kappa shape index (κ2) is 13.3. The van der Waals surface area contributed by atoms with E-state index in [4.69, 9.17) is 0 Å². The first-order chi connectivity index (χ1) is 11.7. The average molecular weight is 442 g/mol. The molecule has 4 heterocycles. The van der Waals surface area contributed by atoms with Crippen LogP contribution in [0.4, 0.5) is 0 Å². The highest BCUT2D eigenvalue weighted by Crippen LogP contribution is 2.20. The molecule has 2 aromatic heterocycles. The molecule has 156 valence electrons. The molecule has 2 aliphatic heterocycles. The van der Waals surface area contributed by atoms with Crippen molar-refractivity contribution >= 4 is 37.2 Å². The molecular formula is C16H31Cl3N8. The maximum absolute atomic E-state index is 4.09. The predicted octanol–water partition coefficient (Wildman–Crippen LogP) is 2.52. The number of aryl methyl sites for hydroxylation is 2. The normalized spacial score (nSPS) is 21.6. The summed E-state index contributed by atoms with van der Waals surface area (Å²) in [6, 6.07) is 0.875. The van der Waals surface area contributed by atoms with E-state index < -0.39 is 0 Å². The van der Waals surface area contributed by atoms with Gasteiger partial charge >= 0.3 is 0 Å².